The second-order valence-corrected chi connectivity index (χ2v) is 24.2. The van der Waals surface area contributed by atoms with Crippen LogP contribution in [0.25, 0.3) is 0 Å². The molecule has 29 heteroatoms. The maximum Gasteiger partial charge on any atom is 0.242 e. The minimum Gasteiger partial charge on any atom is -0.356 e. The molecule has 454 valence electrons. The summed E-state index contributed by atoms with van der Waals surface area (Å²) in [6, 6.07) is -0.740. The van der Waals surface area contributed by atoms with Gasteiger partial charge in [0.2, 0.25) is 76.8 Å². The molecular formula is C51H89N13O14S2. The van der Waals surface area contributed by atoms with Crippen LogP contribution >= 0.6 is 21.6 Å². The van der Waals surface area contributed by atoms with E-state index in [0.29, 0.717) is 13.0 Å². The number of hydrogen-bond donors (Lipinski definition) is 3. The van der Waals surface area contributed by atoms with E-state index in [0.717, 1.165) is 49.9 Å². The minimum atomic E-state index is -0.740. The fourth-order valence-electron chi connectivity index (χ4n) is 6.48. The molecule has 13 amide bonds. The van der Waals surface area contributed by atoms with Crippen LogP contribution in [-0.2, 0) is 67.1 Å². The van der Waals surface area contributed by atoms with Gasteiger partial charge in [-0.1, -0.05) is 49.3 Å². The number of carbonyl (C=O) groups is 14. The van der Waals surface area contributed by atoms with E-state index in [2.05, 4.69) is 16.0 Å². The molecule has 0 saturated carbocycles. The fraction of sp³-hybridized carbons (Fsp3) is 0.725. The van der Waals surface area contributed by atoms with Gasteiger partial charge < -0.3 is 64.9 Å². The lowest BCUT2D eigenvalue weighted by Crippen LogP contribution is -2.49. The lowest BCUT2D eigenvalue weighted by atomic mass is 10.0. The summed E-state index contributed by atoms with van der Waals surface area (Å²) in [6.45, 7) is 8.97. The molecule has 0 fully saturated rings. The molecule has 0 unspecified atom stereocenters. The Kier molecular flexibility index (Phi) is 33.0. The minimum absolute atomic E-state index is 0.00390. The Bertz CT molecular complexity index is 2220. The van der Waals surface area contributed by atoms with E-state index in [1.54, 1.807) is 42.4 Å². The normalized spacial score (nSPS) is 11.3. The Morgan fingerprint density at radius 3 is 0.988 bits per heavy atom. The number of carbonyl (C=O) groups excluding carboxylic acids is 14. The number of nitrogens with one attached hydrogen (secondary N) is 3. The van der Waals surface area contributed by atoms with E-state index in [1.165, 1.54) is 75.4 Å². The van der Waals surface area contributed by atoms with E-state index in [1.807, 2.05) is 27.7 Å². The molecule has 0 aliphatic heterocycles. The molecule has 0 aromatic rings. The highest BCUT2D eigenvalue weighted by Gasteiger charge is 2.28. The average Bonchev–Trinajstić information content (AvgIpc) is 3.36. The summed E-state index contributed by atoms with van der Waals surface area (Å²) in [6.07, 6.45) is 0.837. The van der Waals surface area contributed by atoms with E-state index in [9.17, 15) is 67.1 Å². The van der Waals surface area contributed by atoms with Gasteiger partial charge in [-0.3, -0.25) is 67.1 Å². The van der Waals surface area contributed by atoms with Crippen molar-refractivity contribution in [1.29, 1.82) is 0 Å². The largest absolute Gasteiger partial charge is 0.356 e. The Morgan fingerprint density at radius 1 is 0.388 bits per heavy atom. The van der Waals surface area contributed by atoms with Crippen LogP contribution in [-0.4, -0.2) is 297 Å². The van der Waals surface area contributed by atoms with Crippen LogP contribution in [0.2, 0.25) is 0 Å². The van der Waals surface area contributed by atoms with Gasteiger partial charge in [-0.05, 0) is 27.2 Å². The molecule has 80 heavy (non-hydrogen) atoms. The number of amides is 13. The highest BCUT2D eigenvalue weighted by Crippen LogP contribution is 2.35. The summed E-state index contributed by atoms with van der Waals surface area (Å²) in [5, 5.41) is 8.18. The van der Waals surface area contributed by atoms with Gasteiger partial charge in [0.25, 0.3) is 0 Å². The van der Waals surface area contributed by atoms with Gasteiger partial charge in [-0.25, -0.2) is 0 Å². The van der Waals surface area contributed by atoms with Crippen molar-refractivity contribution in [2.24, 2.45) is 11.8 Å². The number of nitrogens with zero attached hydrogens (tertiary/aromatic N) is 10. The average molecular weight is 1170 g/mol. The zero-order valence-electron chi connectivity index (χ0n) is 50.0. The second-order valence-electron chi connectivity index (χ2n) is 21.1. The second kappa shape index (κ2) is 36.0. The maximum atomic E-state index is 13.0. The van der Waals surface area contributed by atoms with E-state index >= 15 is 0 Å². The highest BCUT2D eigenvalue weighted by molar-refractivity contribution is 8.77. The predicted molar refractivity (Wildman–Crippen MR) is 303 cm³/mol. The SMILES string of the molecule is CC(C)C(=O)NCC(C)(C)SSCCCC(=O)NCCC(=O)N(C)CC(=O)N(C)CC(=O)N(C)CC(=O)N(C)CC(=O)N(C)CC(=O)N(C)CC(=O)N(C)CC(=O)N(C)CC(=O)N(C)CC(=O)N(C)CC(=O)N[C@@H](C)C(=O)C(C)C. The molecule has 27 nitrogen and oxygen atoms in total. The molecule has 0 aromatic heterocycles. The molecule has 1 atom stereocenters. The van der Waals surface area contributed by atoms with Crippen molar-refractivity contribution in [1.82, 2.24) is 64.9 Å². The first kappa shape index (κ1) is 73.5. The third kappa shape index (κ3) is 29.1. The number of Topliss-reactive ketones (excluding diaryl/α,β-unsaturated/α-hetero) is 1. The summed E-state index contributed by atoms with van der Waals surface area (Å²) in [7, 11) is 16.7. The Balaban J connectivity index is 4.79. The van der Waals surface area contributed by atoms with Crippen LogP contribution in [0.3, 0.4) is 0 Å². The molecule has 0 aliphatic carbocycles. The van der Waals surface area contributed by atoms with Gasteiger partial charge in [-0.2, -0.15) is 0 Å². The van der Waals surface area contributed by atoms with Gasteiger partial charge in [-0.15, -0.1) is 0 Å². The predicted octanol–water partition coefficient (Wildman–Crippen LogP) is -2.48. The van der Waals surface area contributed by atoms with Crippen LogP contribution in [0.4, 0.5) is 0 Å². The summed E-state index contributed by atoms with van der Waals surface area (Å²) in [5.74, 6) is -6.53. The van der Waals surface area contributed by atoms with Gasteiger partial charge >= 0.3 is 0 Å². The van der Waals surface area contributed by atoms with Gasteiger partial charge in [0.05, 0.1) is 71.5 Å². The molecule has 0 aromatic carbocycles. The summed E-state index contributed by atoms with van der Waals surface area (Å²) in [4.78, 5) is 189. The van der Waals surface area contributed by atoms with Crippen molar-refractivity contribution in [2.75, 3.05) is 155 Å². The van der Waals surface area contributed by atoms with Crippen LogP contribution in [0.1, 0.15) is 67.7 Å². The monoisotopic (exact) mass is 1170 g/mol. The lowest BCUT2D eigenvalue weighted by Gasteiger charge is -2.27. The van der Waals surface area contributed by atoms with E-state index < -0.39 is 123 Å². The zero-order valence-corrected chi connectivity index (χ0v) is 51.7. The molecule has 0 rings (SSSR count). The first-order valence-electron chi connectivity index (χ1n) is 26.0. The smallest absolute Gasteiger partial charge is 0.242 e. The summed E-state index contributed by atoms with van der Waals surface area (Å²) >= 11 is 0. The number of likely N-dealkylation sites (N-methyl/N-ethyl adjacent to an activating group) is 10. The van der Waals surface area contributed by atoms with Crippen LogP contribution < -0.4 is 16.0 Å². The molecule has 0 aliphatic rings. The van der Waals surface area contributed by atoms with Crippen LogP contribution in [0.5, 0.6) is 0 Å². The van der Waals surface area contributed by atoms with Crippen molar-refractivity contribution >= 4 is 104 Å². The van der Waals surface area contributed by atoms with Crippen LogP contribution in [0, 0.1) is 11.8 Å². The van der Waals surface area contributed by atoms with Gasteiger partial charge in [0, 0.05) is 119 Å². The Morgan fingerprint density at radius 2 is 0.688 bits per heavy atom. The van der Waals surface area contributed by atoms with Crippen molar-refractivity contribution < 1.29 is 67.1 Å². The lowest BCUT2D eigenvalue weighted by molar-refractivity contribution is -0.146. The van der Waals surface area contributed by atoms with Gasteiger partial charge in [0.15, 0.2) is 5.78 Å². The van der Waals surface area contributed by atoms with Crippen molar-refractivity contribution in [3.63, 3.8) is 0 Å². The summed E-state index contributed by atoms with van der Waals surface area (Å²) in [5.41, 5.74) is 0. The van der Waals surface area contributed by atoms with Crippen molar-refractivity contribution in [3.8, 4) is 0 Å². The third-order valence-electron chi connectivity index (χ3n) is 12.2. The third-order valence-corrected chi connectivity index (χ3v) is 15.5. The summed E-state index contributed by atoms with van der Waals surface area (Å²) < 4.78 is -0.186. The zero-order chi connectivity index (χ0) is 61.9. The molecular weight excluding hydrogens is 1080 g/mol. The molecule has 0 bridgehead atoms. The molecule has 0 spiro atoms. The Labute approximate surface area is 479 Å². The number of ketones is 1. The topological polar surface area (TPSA) is 307 Å². The molecule has 0 radical (unpaired) electrons. The number of rotatable bonds is 35. The first-order chi connectivity index (χ1) is 36.9. The molecule has 3 N–H and O–H groups in total. The highest BCUT2D eigenvalue weighted by atomic mass is 33.1. The van der Waals surface area contributed by atoms with E-state index in [-0.39, 0.29) is 66.7 Å². The first-order valence-corrected chi connectivity index (χ1v) is 28.3. The van der Waals surface area contributed by atoms with E-state index in [4.69, 9.17) is 0 Å². The van der Waals surface area contributed by atoms with Gasteiger partial charge in [0.1, 0.15) is 0 Å². The van der Waals surface area contributed by atoms with Crippen molar-refractivity contribution in [2.45, 2.75) is 78.5 Å². The van der Waals surface area contributed by atoms with Crippen molar-refractivity contribution in [3.05, 3.63) is 0 Å². The molecule has 0 saturated heterocycles. The Hall–Kier alpha value is -6.52. The maximum absolute atomic E-state index is 13.0. The standard InChI is InChI=1S/C51H89N13O14S2/c1-34(2)49(77)36(5)54-38(66)23-55(8)40(68)25-57(10)42(70)27-59(12)44(72)29-61(14)46(74)31-63(16)48(76)32-64(17)47(75)30-62(15)45(73)28-60(13)43(71)26-58(11)41(69)24-56(9)39(67)20-21-52-37(65)19-18-22-79-80-51(6,7)33-53-50(78)35(3)4/h34-36H,18-33H2,1-17H3,(H,52,65)(H,53,78)(H,54,66)/t36-/m0/s1. The van der Waals surface area contributed by atoms with Crippen LogP contribution in [0.15, 0.2) is 0 Å². The fourth-order valence-corrected chi connectivity index (χ4v) is 9.02. The number of hydrogen-bond acceptors (Lipinski definition) is 16. The molecule has 0 heterocycles. The quantitative estimate of drug-likeness (QED) is 0.0437.